The largest absolute Gasteiger partial charge is 0.467 e. The topological polar surface area (TPSA) is 127 Å². The lowest BCUT2D eigenvalue weighted by Crippen LogP contribution is -2.41. The van der Waals surface area contributed by atoms with Gasteiger partial charge in [0.2, 0.25) is 5.91 Å². The first-order valence-electron chi connectivity index (χ1n) is 8.31. The van der Waals surface area contributed by atoms with Crippen LogP contribution in [0.15, 0.2) is 45.9 Å². The van der Waals surface area contributed by atoms with Crippen molar-refractivity contribution in [2.24, 2.45) is 0 Å². The second-order valence-electron chi connectivity index (χ2n) is 5.85. The van der Waals surface area contributed by atoms with E-state index < -0.39 is 24.5 Å². The first kappa shape index (κ1) is 19.5. The first-order valence-corrected chi connectivity index (χ1v) is 9.19. The number of carbonyl (C=O) groups is 4. The molecule has 1 unspecified atom stereocenters. The predicted molar refractivity (Wildman–Crippen MR) is 99.8 cm³/mol. The number of ether oxygens (including phenoxy) is 1. The number of benzene rings is 1. The zero-order valence-corrected chi connectivity index (χ0v) is 15.6. The third-order valence-corrected chi connectivity index (χ3v) is 4.91. The number of hydrogen-bond donors (Lipinski definition) is 3. The Morgan fingerprint density at radius 3 is 2.86 bits per heavy atom. The molecule has 3 N–H and O–H groups in total. The zero-order chi connectivity index (χ0) is 20.1. The predicted octanol–water partition coefficient (Wildman–Crippen LogP) is 1.90. The van der Waals surface area contributed by atoms with Gasteiger partial charge in [0.1, 0.15) is 5.76 Å². The highest BCUT2D eigenvalue weighted by Crippen LogP contribution is 2.35. The molecule has 1 aliphatic rings. The Morgan fingerprint density at radius 1 is 1.29 bits per heavy atom. The van der Waals surface area contributed by atoms with Crippen LogP contribution in [0.5, 0.6) is 0 Å². The van der Waals surface area contributed by atoms with Gasteiger partial charge in [0.15, 0.2) is 6.61 Å². The molecule has 3 rings (SSSR count). The van der Waals surface area contributed by atoms with E-state index in [1.807, 2.05) is 5.32 Å². The van der Waals surface area contributed by atoms with Crippen LogP contribution in [0.1, 0.15) is 23.0 Å². The summed E-state index contributed by atoms with van der Waals surface area (Å²) in [5, 5.41) is 6.97. The van der Waals surface area contributed by atoms with E-state index in [4.69, 9.17) is 9.15 Å². The normalized spacial score (nSPS) is 15.2. The second-order valence-corrected chi connectivity index (χ2v) is 7.23. The lowest BCUT2D eigenvalue weighted by atomic mass is 10.2. The Hall–Kier alpha value is -3.27. The van der Waals surface area contributed by atoms with Gasteiger partial charge in [0.05, 0.1) is 29.3 Å². The number of thioether (sulfide) groups is 1. The molecule has 0 radical (unpaired) electrons. The summed E-state index contributed by atoms with van der Waals surface area (Å²) in [4.78, 5) is 48.0. The Labute approximate surface area is 164 Å². The minimum absolute atomic E-state index is 0.114. The molecule has 2 aromatic rings. The quantitative estimate of drug-likeness (QED) is 0.651. The number of amides is 4. The fourth-order valence-electron chi connectivity index (χ4n) is 2.34. The molecular weight excluding hydrogens is 386 g/mol. The molecule has 2 heterocycles. The number of furan rings is 1. The Balaban J connectivity index is 1.47. The van der Waals surface area contributed by atoms with Gasteiger partial charge in [-0.15, -0.1) is 11.8 Å². The molecule has 146 valence electrons. The highest BCUT2D eigenvalue weighted by molar-refractivity contribution is 8.00. The minimum atomic E-state index is -0.777. The van der Waals surface area contributed by atoms with Crippen LogP contribution >= 0.6 is 11.8 Å². The van der Waals surface area contributed by atoms with Gasteiger partial charge in [-0.2, -0.15) is 0 Å². The molecule has 10 heteroatoms. The molecular formula is C18H17N3O6S. The van der Waals surface area contributed by atoms with E-state index in [9.17, 15) is 19.2 Å². The number of carbonyl (C=O) groups excluding carboxylic acids is 4. The van der Waals surface area contributed by atoms with Crippen molar-refractivity contribution in [1.29, 1.82) is 0 Å². The molecule has 0 saturated carbocycles. The Bertz CT molecular complexity index is 912. The summed E-state index contributed by atoms with van der Waals surface area (Å²) in [5.74, 6) is -1.14. The fraction of sp³-hybridized carbons (Fsp3) is 0.222. The third-order valence-electron chi connectivity index (χ3n) is 3.74. The lowest BCUT2D eigenvalue weighted by Gasteiger charge is -2.21. The van der Waals surface area contributed by atoms with E-state index in [2.05, 4.69) is 10.6 Å². The van der Waals surface area contributed by atoms with Crippen molar-refractivity contribution in [3.8, 4) is 0 Å². The van der Waals surface area contributed by atoms with Crippen molar-refractivity contribution < 1.29 is 28.3 Å². The van der Waals surface area contributed by atoms with Gasteiger partial charge >= 0.3 is 12.0 Å². The van der Waals surface area contributed by atoms with Crippen LogP contribution in [0.2, 0.25) is 0 Å². The van der Waals surface area contributed by atoms with E-state index >= 15 is 0 Å². The standard InChI is InChI=1S/C18H17N3O6S/c1-10-16(23)20-13-7-11(4-5-14(13)28-10)17(24)27-9-15(22)21-18(25)19-8-12-3-2-6-26-12/h2-7,10H,8-9H2,1H3,(H,20,23)(H2,19,21,22,25). The van der Waals surface area contributed by atoms with Gasteiger partial charge in [0.25, 0.3) is 5.91 Å². The van der Waals surface area contributed by atoms with Crippen molar-refractivity contribution in [2.45, 2.75) is 23.6 Å². The molecule has 1 aromatic carbocycles. The summed E-state index contributed by atoms with van der Waals surface area (Å²) in [6.07, 6.45) is 1.46. The van der Waals surface area contributed by atoms with Crippen molar-refractivity contribution in [3.63, 3.8) is 0 Å². The van der Waals surface area contributed by atoms with Crippen LogP contribution in [0.4, 0.5) is 10.5 Å². The zero-order valence-electron chi connectivity index (χ0n) is 14.8. The van der Waals surface area contributed by atoms with E-state index in [0.29, 0.717) is 11.4 Å². The average Bonchev–Trinajstić information content (AvgIpc) is 3.18. The van der Waals surface area contributed by atoms with E-state index in [1.54, 1.807) is 31.2 Å². The molecule has 4 amide bonds. The molecule has 1 atom stereocenters. The van der Waals surface area contributed by atoms with E-state index in [1.165, 1.54) is 24.1 Å². The summed E-state index contributed by atoms with van der Waals surface area (Å²) >= 11 is 1.39. The SMILES string of the molecule is CC1Sc2ccc(C(=O)OCC(=O)NC(=O)NCc3ccco3)cc2NC1=O. The number of anilines is 1. The number of rotatable bonds is 5. The van der Waals surface area contributed by atoms with Crippen LogP contribution in [0, 0.1) is 0 Å². The van der Waals surface area contributed by atoms with Gasteiger partial charge in [0, 0.05) is 4.90 Å². The minimum Gasteiger partial charge on any atom is -0.467 e. The van der Waals surface area contributed by atoms with Crippen LogP contribution < -0.4 is 16.0 Å². The van der Waals surface area contributed by atoms with Crippen LogP contribution in [0.25, 0.3) is 0 Å². The molecule has 1 aromatic heterocycles. The summed E-state index contributed by atoms with van der Waals surface area (Å²) < 4.78 is 9.96. The van der Waals surface area contributed by atoms with Crippen LogP contribution in [0.3, 0.4) is 0 Å². The fourth-order valence-corrected chi connectivity index (χ4v) is 3.27. The molecule has 0 aliphatic carbocycles. The average molecular weight is 403 g/mol. The van der Waals surface area contributed by atoms with Crippen LogP contribution in [-0.4, -0.2) is 35.7 Å². The summed E-state index contributed by atoms with van der Waals surface area (Å²) in [6, 6.07) is 7.35. The molecule has 0 saturated heterocycles. The van der Waals surface area contributed by atoms with E-state index in [-0.39, 0.29) is 23.3 Å². The molecule has 0 spiro atoms. The van der Waals surface area contributed by atoms with Gasteiger partial charge in [-0.05, 0) is 37.3 Å². The highest BCUT2D eigenvalue weighted by Gasteiger charge is 2.24. The molecule has 0 bridgehead atoms. The number of nitrogens with one attached hydrogen (secondary N) is 3. The van der Waals surface area contributed by atoms with Gasteiger partial charge in [-0.1, -0.05) is 0 Å². The second kappa shape index (κ2) is 8.61. The number of imide groups is 1. The molecule has 0 fully saturated rings. The highest BCUT2D eigenvalue weighted by atomic mass is 32.2. The number of hydrogen-bond acceptors (Lipinski definition) is 7. The number of fused-ring (bicyclic) bond motifs is 1. The monoisotopic (exact) mass is 403 g/mol. The van der Waals surface area contributed by atoms with E-state index in [0.717, 1.165) is 4.90 Å². The summed E-state index contributed by atoms with van der Waals surface area (Å²) in [6.45, 7) is 1.28. The Morgan fingerprint density at radius 2 is 2.11 bits per heavy atom. The first-order chi connectivity index (χ1) is 13.4. The van der Waals surface area contributed by atoms with Crippen molar-refractivity contribution in [3.05, 3.63) is 47.9 Å². The third kappa shape index (κ3) is 4.92. The van der Waals surface area contributed by atoms with Crippen molar-refractivity contribution >= 4 is 41.3 Å². The maximum absolute atomic E-state index is 12.1. The maximum atomic E-state index is 12.1. The lowest BCUT2D eigenvalue weighted by molar-refractivity contribution is -0.123. The smallest absolute Gasteiger partial charge is 0.338 e. The van der Waals surface area contributed by atoms with Gasteiger partial charge in [-0.25, -0.2) is 9.59 Å². The molecule has 1 aliphatic heterocycles. The van der Waals surface area contributed by atoms with Crippen molar-refractivity contribution in [2.75, 3.05) is 11.9 Å². The van der Waals surface area contributed by atoms with Gasteiger partial charge in [-0.3, -0.25) is 14.9 Å². The maximum Gasteiger partial charge on any atom is 0.338 e. The summed E-state index contributed by atoms with van der Waals surface area (Å²) in [5.41, 5.74) is 0.702. The van der Waals surface area contributed by atoms with Gasteiger partial charge < -0.3 is 19.8 Å². The van der Waals surface area contributed by atoms with Crippen LogP contribution in [-0.2, 0) is 20.9 Å². The molecule has 28 heavy (non-hydrogen) atoms. The summed E-state index contributed by atoms with van der Waals surface area (Å²) in [7, 11) is 0. The van der Waals surface area contributed by atoms with Crippen molar-refractivity contribution in [1.82, 2.24) is 10.6 Å². The Kier molecular flexibility index (Phi) is 5.99. The number of esters is 1. The molecule has 9 nitrogen and oxygen atoms in total. The number of urea groups is 1.